The van der Waals surface area contributed by atoms with E-state index in [0.717, 1.165) is 11.1 Å². The van der Waals surface area contributed by atoms with E-state index in [1.807, 2.05) is 19.1 Å². The maximum Gasteiger partial charge on any atom is 0.325 e. The number of aryl methyl sites for hydroxylation is 1. The second kappa shape index (κ2) is 6.66. The molecule has 2 amide bonds. The molecule has 0 radical (unpaired) electrons. The second-order valence-electron chi connectivity index (χ2n) is 4.44. The Hall–Kier alpha value is -1.61. The first-order chi connectivity index (χ1) is 10.3. The summed E-state index contributed by atoms with van der Waals surface area (Å²) >= 11 is 11.1. The van der Waals surface area contributed by atoms with E-state index >= 15 is 0 Å². The monoisotopic (exact) mass is 362 g/mol. The van der Waals surface area contributed by atoms with Crippen LogP contribution in [-0.4, -0.2) is 20.3 Å². The predicted molar refractivity (Wildman–Crippen MR) is 84.8 cm³/mol. The van der Waals surface area contributed by atoms with Gasteiger partial charge in [0.25, 0.3) is 0 Å². The van der Waals surface area contributed by atoms with Gasteiger partial charge in [0.05, 0.1) is 0 Å². The molecule has 2 rings (SSSR count). The highest BCUT2D eigenvalue weighted by atomic mass is 35.5. The molecule has 1 aromatic rings. The number of urea groups is 1. The maximum absolute atomic E-state index is 11.9. The van der Waals surface area contributed by atoms with Crippen LogP contribution in [0.2, 0.25) is 0 Å². The Bertz CT molecular complexity index is 753. The van der Waals surface area contributed by atoms with Gasteiger partial charge in [0.2, 0.25) is 0 Å². The molecule has 0 aromatic heterocycles. The number of amides is 2. The lowest BCUT2D eigenvalue weighted by Crippen LogP contribution is -2.27. The lowest BCUT2D eigenvalue weighted by atomic mass is 10.2. The van der Waals surface area contributed by atoms with Gasteiger partial charge in [0, 0.05) is 6.54 Å². The Morgan fingerprint density at radius 2 is 1.86 bits per heavy atom. The van der Waals surface area contributed by atoms with Crippen LogP contribution in [-0.2, 0) is 16.8 Å². The average molecular weight is 363 g/mol. The predicted octanol–water partition coefficient (Wildman–Crippen LogP) is 1.69. The van der Waals surface area contributed by atoms with Gasteiger partial charge in [-0.25, -0.2) is 4.79 Å². The summed E-state index contributed by atoms with van der Waals surface area (Å²) in [4.78, 5) is 11.2. The molecule has 1 aromatic carbocycles. The van der Waals surface area contributed by atoms with Crippen molar-refractivity contribution in [2.75, 3.05) is 0 Å². The smallest absolute Gasteiger partial charge is 0.302 e. The zero-order valence-electron chi connectivity index (χ0n) is 11.4. The number of carbonyl (C=O) groups excluding carboxylic acids is 1. The summed E-state index contributed by atoms with van der Waals surface area (Å²) in [5, 5.41) is 4.45. The number of halogens is 2. The Labute approximate surface area is 137 Å². The quantitative estimate of drug-likeness (QED) is 0.759. The SMILES string of the molecule is Cc1ccc(CNS(=O)(=O)N=C2NC(=O)NC2=C(Cl)Cl)cc1. The number of hydrogen-bond donors (Lipinski definition) is 3. The van der Waals surface area contributed by atoms with Gasteiger partial charge >= 0.3 is 16.2 Å². The van der Waals surface area contributed by atoms with Crippen LogP contribution in [0.15, 0.2) is 38.9 Å². The minimum Gasteiger partial charge on any atom is -0.302 e. The molecule has 22 heavy (non-hydrogen) atoms. The molecule has 0 atom stereocenters. The number of carbonyl (C=O) groups is 1. The fourth-order valence-electron chi connectivity index (χ4n) is 1.61. The standard InChI is InChI=1S/C12H12Cl2N4O3S/c1-7-2-4-8(5-3-7)6-15-22(20,21)18-11-9(10(13)14)16-12(19)17-11/h2-5,15H,6H2,1H3,(H2,16,17,18,19). The summed E-state index contributed by atoms with van der Waals surface area (Å²) in [5.74, 6) is -0.263. The zero-order valence-corrected chi connectivity index (χ0v) is 13.7. The minimum atomic E-state index is -4.03. The highest BCUT2D eigenvalue weighted by Crippen LogP contribution is 2.16. The van der Waals surface area contributed by atoms with Crippen LogP contribution in [0.4, 0.5) is 4.79 Å². The van der Waals surface area contributed by atoms with Crippen LogP contribution >= 0.6 is 23.2 Å². The third-order valence-corrected chi connectivity index (χ3v) is 4.00. The second-order valence-corrected chi connectivity index (χ2v) is 6.81. The van der Waals surface area contributed by atoms with Crippen LogP contribution in [0.5, 0.6) is 0 Å². The van der Waals surface area contributed by atoms with Crippen LogP contribution in [0.25, 0.3) is 0 Å². The first-order valence-electron chi connectivity index (χ1n) is 6.05. The largest absolute Gasteiger partial charge is 0.325 e. The normalized spacial score (nSPS) is 16.6. The van der Waals surface area contributed by atoms with Crippen molar-refractivity contribution in [1.29, 1.82) is 0 Å². The van der Waals surface area contributed by atoms with Crippen LogP contribution < -0.4 is 15.4 Å². The van der Waals surface area contributed by atoms with E-state index in [1.54, 1.807) is 12.1 Å². The number of benzene rings is 1. The summed E-state index contributed by atoms with van der Waals surface area (Å²) in [7, 11) is -4.03. The van der Waals surface area contributed by atoms with E-state index < -0.39 is 16.2 Å². The molecule has 1 fully saturated rings. The number of amidine groups is 1. The Morgan fingerprint density at radius 1 is 1.23 bits per heavy atom. The molecule has 10 heteroatoms. The first-order valence-corrected chi connectivity index (χ1v) is 8.25. The molecule has 3 N–H and O–H groups in total. The van der Waals surface area contributed by atoms with Crippen molar-refractivity contribution >= 4 is 45.3 Å². The van der Waals surface area contributed by atoms with E-state index in [2.05, 4.69) is 19.8 Å². The molecule has 1 heterocycles. The molecular formula is C12H12Cl2N4O3S. The molecular weight excluding hydrogens is 351 g/mol. The fourth-order valence-corrected chi connectivity index (χ4v) is 2.68. The molecule has 0 aliphatic carbocycles. The van der Waals surface area contributed by atoms with Gasteiger partial charge in [-0.15, -0.1) is 4.40 Å². The molecule has 7 nitrogen and oxygen atoms in total. The highest BCUT2D eigenvalue weighted by Gasteiger charge is 2.26. The summed E-state index contributed by atoms with van der Waals surface area (Å²) in [5.41, 5.74) is 1.75. The Balaban J connectivity index is 2.13. The van der Waals surface area contributed by atoms with Crippen molar-refractivity contribution in [2.45, 2.75) is 13.5 Å². The van der Waals surface area contributed by atoms with Crippen molar-refractivity contribution in [3.8, 4) is 0 Å². The van der Waals surface area contributed by atoms with Crippen molar-refractivity contribution in [1.82, 2.24) is 15.4 Å². The molecule has 1 aliphatic rings. The van der Waals surface area contributed by atoms with Gasteiger partial charge in [0.15, 0.2) is 5.84 Å². The number of hydrogen-bond acceptors (Lipinski definition) is 3. The van der Waals surface area contributed by atoms with Crippen LogP contribution in [0.1, 0.15) is 11.1 Å². The molecule has 1 saturated heterocycles. The molecule has 1 aliphatic heterocycles. The van der Waals surface area contributed by atoms with Gasteiger partial charge in [-0.3, -0.25) is 5.32 Å². The molecule has 0 spiro atoms. The summed E-state index contributed by atoms with van der Waals surface area (Å²) in [6, 6.07) is 6.66. The number of rotatable bonds is 4. The third-order valence-electron chi connectivity index (χ3n) is 2.69. The van der Waals surface area contributed by atoms with Gasteiger partial charge in [0.1, 0.15) is 10.2 Å². The average Bonchev–Trinajstić information content (AvgIpc) is 2.78. The zero-order chi connectivity index (χ0) is 16.3. The van der Waals surface area contributed by atoms with E-state index in [4.69, 9.17) is 23.2 Å². The van der Waals surface area contributed by atoms with Crippen molar-refractivity contribution < 1.29 is 13.2 Å². The van der Waals surface area contributed by atoms with E-state index in [9.17, 15) is 13.2 Å². The van der Waals surface area contributed by atoms with Gasteiger partial charge < -0.3 is 5.32 Å². The fraction of sp³-hybridized carbons (Fsp3) is 0.167. The van der Waals surface area contributed by atoms with Gasteiger partial charge in [-0.1, -0.05) is 53.0 Å². The number of nitrogens with zero attached hydrogens (tertiary/aromatic N) is 1. The summed E-state index contributed by atoms with van der Waals surface area (Å²) in [6.45, 7) is 1.99. The lowest BCUT2D eigenvalue weighted by molar-refractivity contribution is 0.250. The van der Waals surface area contributed by atoms with Crippen LogP contribution in [0.3, 0.4) is 0 Å². The van der Waals surface area contributed by atoms with E-state index in [0.29, 0.717) is 0 Å². The first kappa shape index (κ1) is 16.8. The third kappa shape index (κ3) is 4.44. The van der Waals surface area contributed by atoms with E-state index in [-0.39, 0.29) is 22.6 Å². The van der Waals surface area contributed by atoms with Crippen molar-refractivity contribution in [2.24, 2.45) is 4.40 Å². The molecule has 118 valence electrons. The summed E-state index contributed by atoms with van der Waals surface area (Å²) in [6.07, 6.45) is 0. The molecule has 0 unspecified atom stereocenters. The van der Waals surface area contributed by atoms with Gasteiger partial charge in [-0.2, -0.15) is 13.1 Å². The molecule has 0 bridgehead atoms. The Kier molecular flexibility index (Phi) is 5.07. The maximum atomic E-state index is 11.9. The van der Waals surface area contributed by atoms with E-state index in [1.165, 1.54) is 0 Å². The molecule has 0 saturated carbocycles. The lowest BCUT2D eigenvalue weighted by Gasteiger charge is -2.04. The minimum absolute atomic E-state index is 0.0639. The van der Waals surface area contributed by atoms with Crippen LogP contribution in [0, 0.1) is 6.92 Å². The highest BCUT2D eigenvalue weighted by molar-refractivity contribution is 7.88. The van der Waals surface area contributed by atoms with Crippen molar-refractivity contribution in [3.05, 3.63) is 45.6 Å². The summed E-state index contributed by atoms with van der Waals surface area (Å²) < 4.78 is 29.3. The van der Waals surface area contributed by atoms with Gasteiger partial charge in [-0.05, 0) is 12.5 Å². The Morgan fingerprint density at radius 3 is 2.45 bits per heavy atom. The number of nitrogens with one attached hydrogen (secondary N) is 3. The van der Waals surface area contributed by atoms with Crippen molar-refractivity contribution in [3.63, 3.8) is 0 Å². The topological polar surface area (TPSA) is 99.7 Å².